The zero-order chi connectivity index (χ0) is 23.4. The minimum Gasteiger partial charge on any atom is -0.391 e. The van der Waals surface area contributed by atoms with Gasteiger partial charge in [0, 0.05) is 29.4 Å². The summed E-state index contributed by atoms with van der Waals surface area (Å²) < 4.78 is 0. The second-order valence-electron chi connectivity index (χ2n) is 7.98. The van der Waals surface area contributed by atoms with Crippen LogP contribution in [0.25, 0.3) is 16.5 Å². The summed E-state index contributed by atoms with van der Waals surface area (Å²) in [7, 11) is 1.94. The van der Waals surface area contributed by atoms with E-state index in [0.717, 1.165) is 11.4 Å². The fourth-order valence-corrected chi connectivity index (χ4v) is 4.90. The summed E-state index contributed by atoms with van der Waals surface area (Å²) in [5.74, 6) is 1.02. The highest BCUT2D eigenvalue weighted by Crippen LogP contribution is 2.31. The van der Waals surface area contributed by atoms with Gasteiger partial charge in [-0.1, -0.05) is 24.3 Å². The van der Waals surface area contributed by atoms with Gasteiger partial charge in [-0.15, -0.1) is 11.3 Å². The highest BCUT2D eigenvalue weighted by molar-refractivity contribution is 7.15. The van der Waals surface area contributed by atoms with Crippen LogP contribution in [-0.4, -0.2) is 46.2 Å². The number of aromatic nitrogens is 2. The molecule has 3 heterocycles. The number of hydrogen-bond donors (Lipinski definition) is 6. The molecule has 1 aliphatic heterocycles. The van der Waals surface area contributed by atoms with E-state index in [2.05, 4.69) is 44.9 Å². The number of nitrogen functional groups attached to an aromatic ring is 1. The van der Waals surface area contributed by atoms with Gasteiger partial charge in [0.15, 0.2) is 0 Å². The molecule has 0 aliphatic carbocycles. The lowest BCUT2D eigenvalue weighted by Crippen LogP contribution is -2.26. The first-order chi connectivity index (χ1) is 15.9. The number of likely N-dealkylation sites (tertiary alicyclic amines) is 1. The van der Waals surface area contributed by atoms with Crippen molar-refractivity contribution in [3.8, 4) is 10.4 Å². The van der Waals surface area contributed by atoms with Gasteiger partial charge in [0.1, 0.15) is 11.6 Å². The Morgan fingerprint density at radius 1 is 1.33 bits per heavy atom. The van der Waals surface area contributed by atoms with Crippen molar-refractivity contribution >= 4 is 29.0 Å². The zero-order valence-corrected chi connectivity index (χ0v) is 19.3. The summed E-state index contributed by atoms with van der Waals surface area (Å²) in [6.07, 6.45) is 1.95. The van der Waals surface area contributed by atoms with E-state index in [9.17, 15) is 9.90 Å². The van der Waals surface area contributed by atoms with E-state index in [1.165, 1.54) is 16.0 Å². The van der Waals surface area contributed by atoms with E-state index in [4.69, 9.17) is 11.5 Å². The number of aliphatic hydroxyl groups excluding tert-OH is 1. The summed E-state index contributed by atoms with van der Waals surface area (Å²) in [5, 5.41) is 16.2. The molecule has 4 rings (SSSR count). The van der Waals surface area contributed by atoms with E-state index in [-0.39, 0.29) is 5.82 Å². The monoisotopic (exact) mass is 467 g/mol. The van der Waals surface area contributed by atoms with Crippen molar-refractivity contribution in [2.45, 2.75) is 25.6 Å². The molecular weight excluding hydrogens is 438 g/mol. The molecule has 1 aromatic carbocycles. The standard InChI is InChI=1S/C23H29N7O2S/c1-26-11-14-4-2-3-5-17(14)19-7-6-16(33-19)12-27-22-18(21(25)28-23(32)29-22)10-20(24)30-9-8-15(31)13-30/h2-7,10,15,26,31H,8-9,11-13,24H2,1H3,(H4,25,27,28,29,32)/b20-10+. The van der Waals surface area contributed by atoms with Crippen LogP contribution < -0.4 is 27.8 Å². The van der Waals surface area contributed by atoms with Gasteiger partial charge in [0.05, 0.1) is 24.0 Å². The van der Waals surface area contributed by atoms with E-state index in [1.807, 2.05) is 24.1 Å². The molecule has 10 heteroatoms. The van der Waals surface area contributed by atoms with Crippen molar-refractivity contribution in [2.75, 3.05) is 31.2 Å². The van der Waals surface area contributed by atoms with Crippen LogP contribution >= 0.6 is 11.3 Å². The number of nitrogens with two attached hydrogens (primary N) is 2. The van der Waals surface area contributed by atoms with Gasteiger partial charge in [0.2, 0.25) is 0 Å². The number of benzene rings is 1. The summed E-state index contributed by atoms with van der Waals surface area (Å²) in [6.45, 7) is 2.41. The second kappa shape index (κ2) is 10.1. The molecule has 9 nitrogen and oxygen atoms in total. The van der Waals surface area contributed by atoms with Crippen molar-refractivity contribution in [3.05, 3.63) is 68.7 Å². The third kappa shape index (κ3) is 5.36. The molecule has 0 saturated carbocycles. The first-order valence-electron chi connectivity index (χ1n) is 10.8. The van der Waals surface area contributed by atoms with Crippen LogP contribution in [0.15, 0.2) is 47.0 Å². The number of H-pyrrole nitrogens is 1. The Hall–Kier alpha value is -3.34. The molecule has 0 bridgehead atoms. The molecule has 0 radical (unpaired) electrons. The molecule has 174 valence electrons. The summed E-state index contributed by atoms with van der Waals surface area (Å²) in [5.41, 5.74) is 14.7. The molecule has 0 spiro atoms. The Morgan fingerprint density at radius 2 is 2.15 bits per heavy atom. The van der Waals surface area contributed by atoms with Gasteiger partial charge in [0.25, 0.3) is 0 Å². The highest BCUT2D eigenvalue weighted by atomic mass is 32.1. The number of aliphatic hydroxyl groups is 1. The third-order valence-corrected chi connectivity index (χ3v) is 6.68. The number of nitrogens with one attached hydrogen (secondary N) is 3. The van der Waals surface area contributed by atoms with Gasteiger partial charge in [-0.2, -0.15) is 4.98 Å². The molecule has 0 amide bonds. The Balaban J connectivity index is 1.54. The average molecular weight is 468 g/mol. The molecule has 1 aliphatic rings. The largest absolute Gasteiger partial charge is 0.391 e. The lowest BCUT2D eigenvalue weighted by molar-refractivity contribution is 0.183. The predicted molar refractivity (Wildman–Crippen MR) is 133 cm³/mol. The summed E-state index contributed by atoms with van der Waals surface area (Å²) in [6, 6.07) is 12.5. The van der Waals surface area contributed by atoms with Crippen LogP contribution in [0.5, 0.6) is 0 Å². The molecule has 8 N–H and O–H groups in total. The van der Waals surface area contributed by atoms with E-state index >= 15 is 0 Å². The van der Waals surface area contributed by atoms with Crippen LogP contribution in [0.1, 0.15) is 22.4 Å². The minimum absolute atomic E-state index is 0.188. The fourth-order valence-electron chi connectivity index (χ4n) is 3.89. The molecule has 1 unspecified atom stereocenters. The molecule has 2 aromatic heterocycles. The van der Waals surface area contributed by atoms with E-state index < -0.39 is 11.8 Å². The van der Waals surface area contributed by atoms with Crippen LogP contribution in [0.4, 0.5) is 11.6 Å². The fraction of sp³-hybridized carbons (Fsp3) is 0.304. The summed E-state index contributed by atoms with van der Waals surface area (Å²) >= 11 is 1.68. The maximum absolute atomic E-state index is 12.0. The smallest absolute Gasteiger partial charge is 0.348 e. The number of anilines is 2. The van der Waals surface area contributed by atoms with Gasteiger partial charge < -0.3 is 32.1 Å². The van der Waals surface area contributed by atoms with Crippen LogP contribution in [0.2, 0.25) is 0 Å². The van der Waals surface area contributed by atoms with Crippen molar-refractivity contribution in [2.24, 2.45) is 5.73 Å². The molecule has 1 saturated heterocycles. The van der Waals surface area contributed by atoms with Crippen molar-refractivity contribution in [1.82, 2.24) is 20.2 Å². The van der Waals surface area contributed by atoms with Gasteiger partial charge in [-0.05, 0) is 42.8 Å². The number of β-amino-alcohol motifs (C(OH)–C–C–N with tert-alkyl or cyclic N) is 1. The average Bonchev–Trinajstić information content (AvgIpc) is 3.44. The molecule has 1 fully saturated rings. The molecule has 33 heavy (non-hydrogen) atoms. The third-order valence-electron chi connectivity index (χ3n) is 5.56. The van der Waals surface area contributed by atoms with E-state index in [1.54, 1.807) is 17.4 Å². The Bertz CT molecular complexity index is 1200. The lowest BCUT2D eigenvalue weighted by Gasteiger charge is -2.18. The second-order valence-corrected chi connectivity index (χ2v) is 9.15. The topological polar surface area (TPSA) is 145 Å². The van der Waals surface area contributed by atoms with Crippen molar-refractivity contribution in [1.29, 1.82) is 0 Å². The SMILES string of the molecule is CNCc1ccccc1-c1ccc(CNc2nc(=O)[nH]c(N)c2/C=C(\N)N2CCC(O)C2)s1. The normalized spacial score (nSPS) is 16.4. The zero-order valence-electron chi connectivity index (χ0n) is 18.5. The van der Waals surface area contributed by atoms with Crippen molar-refractivity contribution in [3.63, 3.8) is 0 Å². The molecule has 1 atom stereocenters. The quantitative estimate of drug-likeness (QED) is 0.294. The van der Waals surface area contributed by atoms with Crippen LogP contribution in [0.3, 0.4) is 0 Å². The summed E-state index contributed by atoms with van der Waals surface area (Å²) in [4.78, 5) is 22.7. The highest BCUT2D eigenvalue weighted by Gasteiger charge is 2.21. The molecule has 3 aromatic rings. The van der Waals surface area contributed by atoms with Gasteiger partial charge in [-0.3, -0.25) is 4.98 Å². The molecular formula is C23H29N7O2S. The van der Waals surface area contributed by atoms with Crippen LogP contribution in [0, 0.1) is 0 Å². The van der Waals surface area contributed by atoms with Crippen molar-refractivity contribution < 1.29 is 5.11 Å². The van der Waals surface area contributed by atoms with Crippen LogP contribution in [-0.2, 0) is 13.1 Å². The number of hydrogen-bond acceptors (Lipinski definition) is 9. The maximum atomic E-state index is 12.0. The first-order valence-corrected chi connectivity index (χ1v) is 11.6. The maximum Gasteiger partial charge on any atom is 0.348 e. The number of aromatic amines is 1. The number of rotatable bonds is 8. The van der Waals surface area contributed by atoms with E-state index in [0.29, 0.717) is 43.3 Å². The lowest BCUT2D eigenvalue weighted by atomic mass is 10.1. The predicted octanol–water partition coefficient (Wildman–Crippen LogP) is 1.74. The first kappa shape index (κ1) is 22.8. The van der Waals surface area contributed by atoms with Gasteiger partial charge in [-0.25, -0.2) is 4.79 Å². The minimum atomic E-state index is -0.532. The number of thiophene rings is 1. The Labute approximate surface area is 196 Å². The van der Waals surface area contributed by atoms with Gasteiger partial charge >= 0.3 is 5.69 Å². The Kier molecular flexibility index (Phi) is 6.97. The Morgan fingerprint density at radius 3 is 2.91 bits per heavy atom. The number of nitrogens with zero attached hydrogens (tertiary/aromatic N) is 2.